The second-order valence-corrected chi connectivity index (χ2v) is 3.67. The third kappa shape index (κ3) is 1.11. The van der Waals surface area contributed by atoms with Gasteiger partial charge in [-0.05, 0) is 15.9 Å². The molecule has 0 radical (unpaired) electrons. The molecule has 0 aromatic carbocycles. The van der Waals surface area contributed by atoms with E-state index in [1.807, 2.05) is 11.6 Å². The summed E-state index contributed by atoms with van der Waals surface area (Å²) < 4.78 is 2.54. The number of halogens is 2. The quantitative estimate of drug-likeness (QED) is 0.714. The third-order valence-electron chi connectivity index (χ3n) is 1.59. The molecule has 2 heterocycles. The van der Waals surface area contributed by atoms with Gasteiger partial charge in [0.1, 0.15) is 10.1 Å². The lowest BCUT2D eigenvalue weighted by atomic mass is 10.5. The highest BCUT2D eigenvalue weighted by molar-refractivity contribution is 9.10. The van der Waals surface area contributed by atoms with Crippen LogP contribution in [0.15, 0.2) is 17.0 Å². The molecule has 0 unspecified atom stereocenters. The van der Waals surface area contributed by atoms with E-state index in [0.29, 0.717) is 9.63 Å². The van der Waals surface area contributed by atoms with Crippen LogP contribution in [0.4, 0.5) is 0 Å². The summed E-state index contributed by atoms with van der Waals surface area (Å²) in [4.78, 5) is 8.37. The predicted octanol–water partition coefficient (Wildman–Crippen LogP) is 2.38. The molecule has 2 rings (SSSR count). The summed E-state index contributed by atoms with van der Waals surface area (Å²) in [6.07, 6.45) is 3.44. The molecule has 0 atom stereocenters. The van der Waals surface area contributed by atoms with Gasteiger partial charge in [-0.3, -0.25) is 0 Å². The average molecular weight is 246 g/mol. The first-order valence-electron chi connectivity index (χ1n) is 3.31. The summed E-state index contributed by atoms with van der Waals surface area (Å²) in [5.74, 6) is 0. The average Bonchev–Trinajstić information content (AvgIpc) is 2.28. The van der Waals surface area contributed by atoms with Crippen LogP contribution in [0.5, 0.6) is 0 Å². The molecule has 0 aliphatic carbocycles. The van der Waals surface area contributed by atoms with Gasteiger partial charge in [0.15, 0.2) is 5.65 Å². The van der Waals surface area contributed by atoms with Crippen LogP contribution in [-0.4, -0.2) is 14.5 Å². The summed E-state index contributed by atoms with van der Waals surface area (Å²) in [5.41, 5.74) is 1.52. The molecule has 2 aromatic rings. The minimum absolute atomic E-state index is 0.626. The molecule has 0 aliphatic rings. The second kappa shape index (κ2) is 2.71. The number of nitrogens with zero attached hydrogens (tertiary/aromatic N) is 3. The fourth-order valence-electron chi connectivity index (χ4n) is 1.07. The van der Waals surface area contributed by atoms with E-state index in [2.05, 4.69) is 25.9 Å². The maximum atomic E-state index is 5.91. The van der Waals surface area contributed by atoms with E-state index in [9.17, 15) is 0 Å². The molecule has 12 heavy (non-hydrogen) atoms. The van der Waals surface area contributed by atoms with Gasteiger partial charge in [-0.25, -0.2) is 9.97 Å². The van der Waals surface area contributed by atoms with Crippen LogP contribution >= 0.6 is 27.5 Å². The van der Waals surface area contributed by atoms with Crippen molar-refractivity contribution in [3.8, 4) is 0 Å². The number of aryl methyl sites for hydroxylation is 1. The van der Waals surface area contributed by atoms with Crippen LogP contribution < -0.4 is 0 Å². The lowest BCUT2D eigenvalue weighted by Gasteiger charge is -1.93. The van der Waals surface area contributed by atoms with Crippen molar-refractivity contribution in [2.45, 2.75) is 0 Å². The summed E-state index contributed by atoms with van der Waals surface area (Å²) in [6, 6.07) is 0. The molecular formula is C7H5BrClN3. The van der Waals surface area contributed by atoms with Crippen LogP contribution in [0, 0.1) is 0 Å². The summed E-state index contributed by atoms with van der Waals surface area (Å²) >= 11 is 9.14. The SMILES string of the molecule is Cn1cc(Cl)c2nc(Br)cnc21. The van der Waals surface area contributed by atoms with Crippen LogP contribution in [0.25, 0.3) is 11.2 Å². The van der Waals surface area contributed by atoms with Gasteiger partial charge in [-0.1, -0.05) is 11.6 Å². The molecule has 2 aromatic heterocycles. The van der Waals surface area contributed by atoms with Crippen molar-refractivity contribution >= 4 is 38.7 Å². The molecule has 0 fully saturated rings. The molecule has 3 nitrogen and oxygen atoms in total. The van der Waals surface area contributed by atoms with E-state index in [-0.39, 0.29) is 0 Å². The van der Waals surface area contributed by atoms with Crippen molar-refractivity contribution in [2.75, 3.05) is 0 Å². The summed E-state index contributed by atoms with van der Waals surface area (Å²) in [7, 11) is 1.89. The summed E-state index contributed by atoms with van der Waals surface area (Å²) in [6.45, 7) is 0. The summed E-state index contributed by atoms with van der Waals surface area (Å²) in [5, 5.41) is 0.626. The Hall–Kier alpha value is -0.610. The van der Waals surface area contributed by atoms with Crippen molar-refractivity contribution in [2.24, 2.45) is 7.05 Å². The van der Waals surface area contributed by atoms with Gasteiger partial charge in [0, 0.05) is 13.2 Å². The Kier molecular flexibility index (Phi) is 1.81. The first-order chi connectivity index (χ1) is 5.68. The number of aromatic nitrogens is 3. The zero-order chi connectivity index (χ0) is 8.72. The molecule has 0 bridgehead atoms. The third-order valence-corrected chi connectivity index (χ3v) is 2.25. The molecule has 0 N–H and O–H groups in total. The molecule has 0 saturated heterocycles. The number of fused-ring (bicyclic) bond motifs is 1. The van der Waals surface area contributed by atoms with E-state index < -0.39 is 0 Å². The smallest absolute Gasteiger partial charge is 0.160 e. The molecule has 0 spiro atoms. The van der Waals surface area contributed by atoms with Crippen molar-refractivity contribution in [1.29, 1.82) is 0 Å². The fraction of sp³-hybridized carbons (Fsp3) is 0.143. The van der Waals surface area contributed by atoms with Gasteiger partial charge in [-0.2, -0.15) is 0 Å². The Morgan fingerprint density at radius 1 is 1.58 bits per heavy atom. The minimum atomic E-state index is 0.626. The highest BCUT2D eigenvalue weighted by Crippen LogP contribution is 2.22. The molecule has 0 aliphatic heterocycles. The van der Waals surface area contributed by atoms with Gasteiger partial charge in [-0.15, -0.1) is 0 Å². The highest BCUT2D eigenvalue weighted by Gasteiger charge is 2.06. The Labute approximate surface area is 82.5 Å². The second-order valence-electron chi connectivity index (χ2n) is 2.45. The fourth-order valence-corrected chi connectivity index (χ4v) is 1.62. The zero-order valence-corrected chi connectivity index (χ0v) is 8.59. The number of hydrogen-bond donors (Lipinski definition) is 0. The number of hydrogen-bond acceptors (Lipinski definition) is 2. The van der Waals surface area contributed by atoms with E-state index in [4.69, 9.17) is 11.6 Å². The van der Waals surface area contributed by atoms with Crippen molar-refractivity contribution in [3.63, 3.8) is 0 Å². The van der Waals surface area contributed by atoms with Crippen LogP contribution in [-0.2, 0) is 7.05 Å². The van der Waals surface area contributed by atoms with Gasteiger partial charge >= 0.3 is 0 Å². The van der Waals surface area contributed by atoms with Crippen LogP contribution in [0.3, 0.4) is 0 Å². The van der Waals surface area contributed by atoms with E-state index in [1.54, 1.807) is 12.4 Å². The first-order valence-corrected chi connectivity index (χ1v) is 4.48. The first kappa shape index (κ1) is 8.01. The lowest BCUT2D eigenvalue weighted by molar-refractivity contribution is 0.945. The maximum absolute atomic E-state index is 5.91. The number of rotatable bonds is 0. The zero-order valence-electron chi connectivity index (χ0n) is 6.25. The molecule has 62 valence electrons. The Bertz CT molecular complexity index is 437. The highest BCUT2D eigenvalue weighted by atomic mass is 79.9. The topological polar surface area (TPSA) is 30.7 Å². The molecular weight excluding hydrogens is 241 g/mol. The standard InChI is InChI=1S/C7H5BrClN3/c1-12-3-4(9)6-7(12)10-2-5(8)11-6/h2-3H,1H3. The van der Waals surface area contributed by atoms with Crippen molar-refractivity contribution in [1.82, 2.24) is 14.5 Å². The molecule has 0 amide bonds. The van der Waals surface area contributed by atoms with Crippen LogP contribution in [0.1, 0.15) is 0 Å². The van der Waals surface area contributed by atoms with Gasteiger partial charge in [0.25, 0.3) is 0 Å². The predicted molar refractivity (Wildman–Crippen MR) is 51.2 cm³/mol. The maximum Gasteiger partial charge on any atom is 0.160 e. The molecule has 0 saturated carbocycles. The van der Waals surface area contributed by atoms with Gasteiger partial charge in [0.05, 0.1) is 11.2 Å². The van der Waals surface area contributed by atoms with Crippen LogP contribution in [0.2, 0.25) is 5.02 Å². The van der Waals surface area contributed by atoms with Crippen molar-refractivity contribution < 1.29 is 0 Å². The lowest BCUT2D eigenvalue weighted by Crippen LogP contribution is -1.88. The van der Waals surface area contributed by atoms with Gasteiger partial charge in [0.2, 0.25) is 0 Å². The monoisotopic (exact) mass is 245 g/mol. The van der Waals surface area contributed by atoms with E-state index >= 15 is 0 Å². The van der Waals surface area contributed by atoms with E-state index in [1.165, 1.54) is 0 Å². The van der Waals surface area contributed by atoms with E-state index in [0.717, 1.165) is 11.2 Å². The van der Waals surface area contributed by atoms with Gasteiger partial charge < -0.3 is 4.57 Å². The Balaban J connectivity index is 2.90. The minimum Gasteiger partial charge on any atom is -0.333 e. The Morgan fingerprint density at radius 2 is 2.33 bits per heavy atom. The largest absolute Gasteiger partial charge is 0.333 e. The Morgan fingerprint density at radius 3 is 3.08 bits per heavy atom. The normalized spacial score (nSPS) is 10.9. The molecule has 5 heteroatoms. The van der Waals surface area contributed by atoms with Crippen molar-refractivity contribution in [3.05, 3.63) is 22.0 Å².